The van der Waals surface area contributed by atoms with Crippen LogP contribution in [-0.2, 0) is 6.42 Å². The molecule has 0 N–H and O–H groups in total. The van der Waals surface area contributed by atoms with Gasteiger partial charge in [0.25, 0.3) is 0 Å². The second kappa shape index (κ2) is 18.5. The number of ketones is 1. The third-order valence-electron chi connectivity index (χ3n) is 6.57. The highest BCUT2D eigenvalue weighted by Gasteiger charge is 2.03. The summed E-state index contributed by atoms with van der Waals surface area (Å²) in [6.45, 7) is 2.29. The summed E-state index contributed by atoms with van der Waals surface area (Å²) in [5.41, 5.74) is 3.13. The van der Waals surface area contributed by atoms with E-state index in [0.717, 1.165) is 17.5 Å². The molecule has 0 radical (unpaired) electrons. The molecule has 0 atom stereocenters. The van der Waals surface area contributed by atoms with Crippen molar-refractivity contribution >= 4 is 23.6 Å². The summed E-state index contributed by atoms with van der Waals surface area (Å²) in [5, 5.41) is 0. The van der Waals surface area contributed by atoms with Gasteiger partial charge in [-0.2, -0.15) is 0 Å². The van der Waals surface area contributed by atoms with E-state index < -0.39 is 0 Å². The van der Waals surface area contributed by atoms with Crippen LogP contribution in [0.15, 0.2) is 59.5 Å². The summed E-state index contributed by atoms with van der Waals surface area (Å²) in [4.78, 5) is 13.8. The van der Waals surface area contributed by atoms with Crippen LogP contribution in [0.1, 0.15) is 118 Å². The largest absolute Gasteiger partial charge is 0.289 e. The Labute approximate surface area is 213 Å². The molecule has 186 valence electrons. The van der Waals surface area contributed by atoms with Crippen LogP contribution in [-0.4, -0.2) is 12.0 Å². The Morgan fingerprint density at radius 2 is 1.29 bits per heavy atom. The molecule has 0 aliphatic carbocycles. The maximum absolute atomic E-state index is 12.6. The molecule has 0 spiro atoms. The van der Waals surface area contributed by atoms with Crippen LogP contribution in [0.5, 0.6) is 0 Å². The smallest absolute Gasteiger partial charge is 0.185 e. The predicted molar refractivity (Wildman–Crippen MR) is 152 cm³/mol. The second-order valence-electron chi connectivity index (χ2n) is 9.52. The average Bonchev–Trinajstić information content (AvgIpc) is 2.88. The normalized spacial score (nSPS) is 11.4. The maximum atomic E-state index is 12.6. The third-order valence-corrected chi connectivity index (χ3v) is 7.32. The van der Waals surface area contributed by atoms with Gasteiger partial charge < -0.3 is 0 Å². The fourth-order valence-corrected chi connectivity index (χ4v) is 4.80. The number of carbonyl (C=O) groups is 1. The van der Waals surface area contributed by atoms with Crippen LogP contribution in [0.25, 0.3) is 6.08 Å². The van der Waals surface area contributed by atoms with Crippen molar-refractivity contribution in [1.29, 1.82) is 0 Å². The van der Waals surface area contributed by atoms with E-state index in [2.05, 4.69) is 49.6 Å². The van der Waals surface area contributed by atoms with E-state index in [1.165, 1.54) is 100 Å². The quantitative estimate of drug-likeness (QED) is 0.0864. The van der Waals surface area contributed by atoms with Gasteiger partial charge in [-0.25, -0.2) is 0 Å². The van der Waals surface area contributed by atoms with Crippen molar-refractivity contribution in [2.75, 3.05) is 6.26 Å². The first-order chi connectivity index (χ1) is 16.7. The minimum absolute atomic E-state index is 0.0803. The first-order valence-electron chi connectivity index (χ1n) is 13.7. The van der Waals surface area contributed by atoms with Gasteiger partial charge in [-0.1, -0.05) is 127 Å². The Kier molecular flexibility index (Phi) is 15.5. The Bertz CT molecular complexity index is 821. The van der Waals surface area contributed by atoms with Gasteiger partial charge in [0.05, 0.1) is 0 Å². The molecule has 2 heteroatoms. The molecule has 0 aromatic heterocycles. The highest BCUT2D eigenvalue weighted by atomic mass is 32.2. The number of thioether (sulfide) groups is 1. The molecule has 0 bridgehead atoms. The molecule has 0 unspecified atom stereocenters. The second-order valence-corrected chi connectivity index (χ2v) is 10.4. The van der Waals surface area contributed by atoms with Gasteiger partial charge in [-0.3, -0.25) is 4.79 Å². The zero-order valence-corrected chi connectivity index (χ0v) is 22.5. The van der Waals surface area contributed by atoms with Gasteiger partial charge in [-0.15, -0.1) is 11.8 Å². The van der Waals surface area contributed by atoms with E-state index in [-0.39, 0.29) is 5.78 Å². The van der Waals surface area contributed by atoms with E-state index in [1.807, 2.05) is 18.2 Å². The van der Waals surface area contributed by atoms with E-state index in [4.69, 9.17) is 0 Å². The third kappa shape index (κ3) is 12.6. The minimum Gasteiger partial charge on any atom is -0.289 e. The van der Waals surface area contributed by atoms with Gasteiger partial charge in [0.2, 0.25) is 0 Å². The number of allylic oxidation sites excluding steroid dienone is 1. The molecule has 0 heterocycles. The van der Waals surface area contributed by atoms with Crippen LogP contribution in [0.2, 0.25) is 0 Å². The van der Waals surface area contributed by atoms with E-state index in [0.29, 0.717) is 0 Å². The van der Waals surface area contributed by atoms with Crippen molar-refractivity contribution in [2.45, 2.75) is 108 Å². The number of aryl methyl sites for hydroxylation is 1. The molecule has 0 saturated carbocycles. The molecular formula is C32H46OS. The number of hydrogen-bond donors (Lipinski definition) is 0. The number of hydrogen-bond acceptors (Lipinski definition) is 2. The van der Waals surface area contributed by atoms with Crippen molar-refractivity contribution in [1.82, 2.24) is 0 Å². The number of carbonyl (C=O) groups excluding carboxylic acids is 1. The summed E-state index contributed by atoms with van der Waals surface area (Å²) in [6, 6.07) is 16.5. The van der Waals surface area contributed by atoms with E-state index in [1.54, 1.807) is 17.8 Å². The van der Waals surface area contributed by atoms with Crippen molar-refractivity contribution in [2.24, 2.45) is 0 Å². The van der Waals surface area contributed by atoms with Crippen LogP contribution in [0, 0.1) is 0 Å². The van der Waals surface area contributed by atoms with Crippen LogP contribution in [0.4, 0.5) is 0 Å². The van der Waals surface area contributed by atoms with E-state index in [9.17, 15) is 4.79 Å². The lowest BCUT2D eigenvalue weighted by molar-refractivity contribution is 0.104. The first kappa shape index (κ1) is 28.4. The summed E-state index contributed by atoms with van der Waals surface area (Å²) >= 11 is 1.73. The molecule has 2 aromatic rings. The first-order valence-corrected chi connectivity index (χ1v) is 14.9. The van der Waals surface area contributed by atoms with Crippen molar-refractivity contribution in [3.05, 3.63) is 71.3 Å². The molecule has 0 aliphatic heterocycles. The molecule has 1 nitrogen and oxygen atoms in total. The zero-order chi connectivity index (χ0) is 24.3. The average molecular weight is 479 g/mol. The lowest BCUT2D eigenvalue weighted by Gasteiger charge is -2.05. The highest BCUT2D eigenvalue weighted by Crippen LogP contribution is 2.17. The summed E-state index contributed by atoms with van der Waals surface area (Å²) < 4.78 is 0. The lowest BCUT2D eigenvalue weighted by Crippen LogP contribution is -1.96. The Hall–Kier alpha value is -1.80. The Morgan fingerprint density at radius 3 is 1.85 bits per heavy atom. The maximum Gasteiger partial charge on any atom is 0.185 e. The summed E-state index contributed by atoms with van der Waals surface area (Å²) in [7, 11) is 0. The van der Waals surface area contributed by atoms with Crippen molar-refractivity contribution < 1.29 is 4.79 Å². The fourth-order valence-electron chi connectivity index (χ4n) is 4.39. The van der Waals surface area contributed by atoms with Crippen LogP contribution in [0.3, 0.4) is 0 Å². The number of benzene rings is 2. The topological polar surface area (TPSA) is 17.1 Å². The van der Waals surface area contributed by atoms with Gasteiger partial charge in [0, 0.05) is 10.5 Å². The molecule has 2 rings (SSSR count). The number of unbranched alkanes of at least 4 members (excludes halogenated alkanes) is 13. The molecule has 34 heavy (non-hydrogen) atoms. The van der Waals surface area contributed by atoms with Crippen molar-refractivity contribution in [3.63, 3.8) is 0 Å². The fraction of sp³-hybridized carbons (Fsp3) is 0.531. The van der Waals surface area contributed by atoms with Gasteiger partial charge in [-0.05, 0) is 54.5 Å². The van der Waals surface area contributed by atoms with Gasteiger partial charge in [0.15, 0.2) is 5.78 Å². The van der Waals surface area contributed by atoms with Crippen molar-refractivity contribution in [3.8, 4) is 0 Å². The predicted octanol–water partition coefficient (Wildman–Crippen LogP) is 10.3. The summed E-state index contributed by atoms with van der Waals surface area (Å²) in [6.07, 6.45) is 26.1. The molecule has 0 saturated heterocycles. The van der Waals surface area contributed by atoms with E-state index >= 15 is 0 Å². The highest BCUT2D eigenvalue weighted by molar-refractivity contribution is 7.98. The van der Waals surface area contributed by atoms with Crippen LogP contribution < -0.4 is 0 Å². The monoisotopic (exact) mass is 478 g/mol. The zero-order valence-electron chi connectivity index (χ0n) is 21.7. The van der Waals surface area contributed by atoms with Crippen LogP contribution >= 0.6 is 11.8 Å². The minimum atomic E-state index is 0.0803. The number of rotatable bonds is 19. The van der Waals surface area contributed by atoms with Gasteiger partial charge >= 0.3 is 0 Å². The Balaban J connectivity index is 1.55. The molecular weight excluding hydrogens is 432 g/mol. The molecule has 0 amide bonds. The Morgan fingerprint density at radius 1 is 0.735 bits per heavy atom. The van der Waals surface area contributed by atoms with Gasteiger partial charge in [0.1, 0.15) is 0 Å². The molecule has 2 aromatic carbocycles. The summed E-state index contributed by atoms with van der Waals surface area (Å²) in [5.74, 6) is 0.0803. The lowest BCUT2D eigenvalue weighted by atomic mass is 10.0. The standard InChI is InChI=1S/C32H46OS/c1-3-4-5-6-7-8-9-10-11-12-13-14-15-16-18-29-19-17-20-30(27-29)32(33)26-23-28-21-24-31(34-2)25-22-28/h17,19-27H,3-16,18H2,1-2H3/b26-23+. The molecule has 0 aliphatic rings. The molecule has 0 fully saturated rings. The SMILES string of the molecule is CCCCCCCCCCCCCCCCc1cccc(C(=O)/C=C/c2ccc(SC)cc2)c1.